The molecule has 0 aliphatic rings. The van der Waals surface area contributed by atoms with E-state index in [0.717, 1.165) is 5.69 Å². The second-order valence-corrected chi connectivity index (χ2v) is 4.02. The maximum Gasteiger partial charge on any atom is 0.216 e. The fourth-order valence-electron chi connectivity index (χ4n) is 1.98. The first-order valence-electron chi connectivity index (χ1n) is 5.76. The van der Waals surface area contributed by atoms with E-state index in [1.807, 2.05) is 13.1 Å². The Bertz CT molecular complexity index is 317. The van der Waals surface area contributed by atoms with Crippen molar-refractivity contribution in [2.45, 2.75) is 32.7 Å². The van der Waals surface area contributed by atoms with Gasteiger partial charge in [-0.3, -0.25) is 0 Å². The van der Waals surface area contributed by atoms with Crippen LogP contribution < -0.4 is 10.1 Å². The number of nitrogens with zero attached hydrogens (tertiary/aromatic N) is 2. The molecule has 0 saturated heterocycles. The molecular weight excluding hydrogens is 202 g/mol. The van der Waals surface area contributed by atoms with Crippen LogP contribution in [0.4, 0.5) is 0 Å². The van der Waals surface area contributed by atoms with Gasteiger partial charge >= 0.3 is 0 Å². The highest BCUT2D eigenvalue weighted by molar-refractivity contribution is 5.17. The molecule has 4 nitrogen and oxygen atoms in total. The molecule has 4 heteroatoms. The lowest BCUT2D eigenvalue weighted by Gasteiger charge is -2.22. The van der Waals surface area contributed by atoms with Gasteiger partial charge in [0.25, 0.3) is 0 Å². The Hall–Kier alpha value is -1.16. The second kappa shape index (κ2) is 6.43. The maximum atomic E-state index is 5.11. The van der Waals surface area contributed by atoms with Crippen LogP contribution >= 0.6 is 0 Å². The van der Waals surface area contributed by atoms with Gasteiger partial charge in [0, 0.05) is 6.07 Å². The third kappa shape index (κ3) is 3.17. The van der Waals surface area contributed by atoms with Gasteiger partial charge in [0.15, 0.2) is 0 Å². The van der Waals surface area contributed by atoms with Gasteiger partial charge in [-0.05, 0) is 19.4 Å². The minimum atomic E-state index is 0.261. The third-order valence-electron chi connectivity index (χ3n) is 2.81. The van der Waals surface area contributed by atoms with Crippen molar-refractivity contribution in [3.05, 3.63) is 18.1 Å². The van der Waals surface area contributed by atoms with Crippen LogP contribution in [0.2, 0.25) is 0 Å². The van der Waals surface area contributed by atoms with Crippen molar-refractivity contribution in [3.8, 4) is 5.88 Å². The highest BCUT2D eigenvalue weighted by Gasteiger charge is 2.18. The second-order valence-electron chi connectivity index (χ2n) is 4.02. The van der Waals surface area contributed by atoms with Crippen LogP contribution in [0.3, 0.4) is 0 Å². The zero-order chi connectivity index (χ0) is 12.0. The van der Waals surface area contributed by atoms with Gasteiger partial charge in [-0.2, -0.15) is 0 Å². The van der Waals surface area contributed by atoms with E-state index in [-0.39, 0.29) is 6.04 Å². The number of aromatic nitrogens is 2. The first-order valence-corrected chi connectivity index (χ1v) is 5.76. The van der Waals surface area contributed by atoms with Crippen molar-refractivity contribution in [3.63, 3.8) is 0 Å². The molecule has 1 aromatic rings. The summed E-state index contributed by atoms with van der Waals surface area (Å²) >= 11 is 0. The predicted octanol–water partition coefficient (Wildman–Crippen LogP) is 2.18. The molecule has 0 aliphatic heterocycles. The van der Waals surface area contributed by atoms with Gasteiger partial charge in [-0.1, -0.05) is 20.3 Å². The van der Waals surface area contributed by atoms with Crippen molar-refractivity contribution in [1.82, 2.24) is 15.3 Å². The summed E-state index contributed by atoms with van der Waals surface area (Å²) in [4.78, 5) is 8.33. The van der Waals surface area contributed by atoms with E-state index in [4.69, 9.17) is 4.74 Å². The summed E-state index contributed by atoms with van der Waals surface area (Å²) in [5.41, 5.74) is 0.996. The Balaban J connectivity index is 2.85. The van der Waals surface area contributed by atoms with Crippen molar-refractivity contribution in [1.29, 1.82) is 0 Å². The van der Waals surface area contributed by atoms with Crippen molar-refractivity contribution in [2.24, 2.45) is 5.92 Å². The molecular formula is C12H21N3O. The van der Waals surface area contributed by atoms with Gasteiger partial charge in [0.05, 0.1) is 18.8 Å². The van der Waals surface area contributed by atoms with Gasteiger partial charge in [0.2, 0.25) is 5.88 Å². The lowest BCUT2D eigenvalue weighted by atomic mass is 9.94. The molecule has 2 unspecified atom stereocenters. The van der Waals surface area contributed by atoms with Crippen LogP contribution in [-0.2, 0) is 0 Å². The molecule has 0 spiro atoms. The van der Waals surface area contributed by atoms with E-state index >= 15 is 0 Å². The quantitative estimate of drug-likeness (QED) is 0.803. The molecule has 1 rings (SSSR count). The van der Waals surface area contributed by atoms with Crippen LogP contribution in [0.5, 0.6) is 5.88 Å². The Morgan fingerprint density at radius 2 is 2.19 bits per heavy atom. The molecule has 0 aromatic carbocycles. The maximum absolute atomic E-state index is 5.11. The molecule has 0 radical (unpaired) electrons. The molecule has 1 aromatic heterocycles. The molecule has 90 valence electrons. The molecule has 1 N–H and O–H groups in total. The zero-order valence-corrected chi connectivity index (χ0v) is 10.5. The summed E-state index contributed by atoms with van der Waals surface area (Å²) in [6, 6.07) is 2.16. The lowest BCUT2D eigenvalue weighted by Crippen LogP contribution is -2.24. The highest BCUT2D eigenvalue weighted by Crippen LogP contribution is 2.24. The van der Waals surface area contributed by atoms with Crippen LogP contribution in [0.15, 0.2) is 12.4 Å². The van der Waals surface area contributed by atoms with Gasteiger partial charge in [-0.15, -0.1) is 0 Å². The van der Waals surface area contributed by atoms with E-state index in [2.05, 4.69) is 29.1 Å². The smallest absolute Gasteiger partial charge is 0.216 e. The molecule has 0 fully saturated rings. The Morgan fingerprint density at radius 3 is 2.75 bits per heavy atom. The van der Waals surface area contributed by atoms with Crippen molar-refractivity contribution in [2.75, 3.05) is 14.2 Å². The standard InChI is InChI=1S/C12H21N3O/c1-5-6-9(2)12(13-3)10-7-11(16-4)15-8-14-10/h7-9,12-13H,5-6H2,1-4H3. The SMILES string of the molecule is CCCC(C)C(NC)c1cc(OC)ncn1. The average Bonchev–Trinajstić information content (AvgIpc) is 2.31. The number of methoxy groups -OCH3 is 1. The van der Waals surface area contributed by atoms with E-state index < -0.39 is 0 Å². The summed E-state index contributed by atoms with van der Waals surface area (Å²) in [5, 5.41) is 3.31. The van der Waals surface area contributed by atoms with Crippen LogP contribution in [-0.4, -0.2) is 24.1 Å². The number of rotatable bonds is 6. The van der Waals surface area contributed by atoms with E-state index in [1.165, 1.54) is 12.8 Å². The third-order valence-corrected chi connectivity index (χ3v) is 2.81. The summed E-state index contributed by atoms with van der Waals surface area (Å²) in [5.74, 6) is 1.17. The van der Waals surface area contributed by atoms with Crippen molar-refractivity contribution < 1.29 is 4.74 Å². The normalized spacial score (nSPS) is 14.5. The average molecular weight is 223 g/mol. The first kappa shape index (κ1) is 12.9. The van der Waals surface area contributed by atoms with Gasteiger partial charge in [0.1, 0.15) is 6.33 Å². The Morgan fingerprint density at radius 1 is 1.44 bits per heavy atom. The molecule has 0 aliphatic carbocycles. The topological polar surface area (TPSA) is 47.0 Å². The number of nitrogens with one attached hydrogen (secondary N) is 1. The minimum Gasteiger partial charge on any atom is -0.481 e. The zero-order valence-electron chi connectivity index (χ0n) is 10.5. The van der Waals surface area contributed by atoms with E-state index in [9.17, 15) is 0 Å². The van der Waals surface area contributed by atoms with Crippen LogP contribution in [0, 0.1) is 5.92 Å². The molecule has 2 atom stereocenters. The molecule has 16 heavy (non-hydrogen) atoms. The Kier molecular flexibility index (Phi) is 5.19. The fourth-order valence-corrected chi connectivity index (χ4v) is 1.98. The van der Waals surface area contributed by atoms with Crippen LogP contribution in [0.1, 0.15) is 38.4 Å². The van der Waals surface area contributed by atoms with E-state index in [0.29, 0.717) is 11.8 Å². The number of hydrogen-bond donors (Lipinski definition) is 1. The minimum absolute atomic E-state index is 0.261. The predicted molar refractivity (Wildman–Crippen MR) is 64.5 cm³/mol. The molecule has 0 bridgehead atoms. The Labute approximate surface area is 97.5 Å². The van der Waals surface area contributed by atoms with Gasteiger partial charge < -0.3 is 10.1 Å². The number of ether oxygens (including phenoxy) is 1. The summed E-state index contributed by atoms with van der Waals surface area (Å²) in [7, 11) is 3.58. The van der Waals surface area contributed by atoms with Crippen LogP contribution in [0.25, 0.3) is 0 Å². The van der Waals surface area contributed by atoms with E-state index in [1.54, 1.807) is 13.4 Å². The summed E-state index contributed by atoms with van der Waals surface area (Å²) < 4.78 is 5.11. The van der Waals surface area contributed by atoms with Crippen molar-refractivity contribution >= 4 is 0 Å². The largest absolute Gasteiger partial charge is 0.481 e. The fraction of sp³-hybridized carbons (Fsp3) is 0.667. The molecule has 1 heterocycles. The highest BCUT2D eigenvalue weighted by atomic mass is 16.5. The van der Waals surface area contributed by atoms with Gasteiger partial charge in [-0.25, -0.2) is 9.97 Å². The molecule has 0 amide bonds. The summed E-state index contributed by atoms with van der Waals surface area (Å²) in [6.07, 6.45) is 3.91. The summed E-state index contributed by atoms with van der Waals surface area (Å²) in [6.45, 7) is 4.43. The molecule has 0 saturated carbocycles. The number of hydrogen-bond acceptors (Lipinski definition) is 4. The lowest BCUT2D eigenvalue weighted by molar-refractivity contribution is 0.367. The monoisotopic (exact) mass is 223 g/mol. The first-order chi connectivity index (χ1) is 7.72.